The van der Waals surface area contributed by atoms with Gasteiger partial charge in [0.25, 0.3) is 0 Å². The van der Waals surface area contributed by atoms with Crippen molar-refractivity contribution in [1.82, 2.24) is 0 Å². The van der Waals surface area contributed by atoms with Crippen LogP contribution < -0.4 is 0 Å². The highest BCUT2D eigenvalue weighted by Crippen LogP contribution is 2.36. The number of nitrogens with zero attached hydrogens (tertiary/aromatic N) is 2. The molecule has 0 saturated carbocycles. The van der Waals surface area contributed by atoms with Crippen LogP contribution >= 0.6 is 14.7 Å². The molecule has 0 aromatic heterocycles. The second-order valence-electron chi connectivity index (χ2n) is 3.62. The molecule has 0 rings (SSSR count). The highest BCUT2D eigenvalue weighted by atomic mass is 31.2. The Labute approximate surface area is 109 Å². The average molecular weight is 294 g/mol. The van der Waals surface area contributed by atoms with Gasteiger partial charge in [0.15, 0.2) is 14.7 Å². The molecule has 0 aliphatic carbocycles. The number of hydrogen-bond donors (Lipinski definition) is 1. The van der Waals surface area contributed by atoms with Gasteiger partial charge in [0, 0.05) is 32.7 Å². The van der Waals surface area contributed by atoms with E-state index in [-0.39, 0.29) is 6.61 Å². The normalized spacial score (nSPS) is 9.50. The van der Waals surface area contributed by atoms with Crippen LogP contribution in [-0.2, 0) is 13.7 Å². The summed E-state index contributed by atoms with van der Waals surface area (Å²) in [7, 11) is -4.99. The molecule has 1 N–H and O–H groups in total. The van der Waals surface area contributed by atoms with E-state index in [1.54, 1.807) is 6.07 Å². The third-order valence-corrected chi connectivity index (χ3v) is 1.51. The third kappa shape index (κ3) is 80.7. The van der Waals surface area contributed by atoms with Gasteiger partial charge in [-0.2, -0.15) is 10.5 Å². The van der Waals surface area contributed by atoms with E-state index < -0.39 is 14.7 Å². The van der Waals surface area contributed by atoms with Gasteiger partial charge in [0.05, 0.1) is 25.2 Å². The largest absolute Gasteiger partial charge is 0.345 e. The molecule has 0 bridgehead atoms. The Morgan fingerprint density at radius 1 is 1.28 bits per heavy atom. The fraction of sp³-hybridized carbons (Fsp3) is 0.600. The number of rotatable bonds is 3. The summed E-state index contributed by atoms with van der Waals surface area (Å²) in [6, 6.07) is 3.59. The van der Waals surface area contributed by atoms with Crippen LogP contribution in [0, 0.1) is 22.7 Å². The van der Waals surface area contributed by atoms with E-state index in [4.69, 9.17) is 19.9 Å². The van der Waals surface area contributed by atoms with E-state index in [1.165, 1.54) is 32.7 Å². The summed E-state index contributed by atoms with van der Waals surface area (Å²) in [6.45, 7) is 9.06. The molecule has 0 saturated heterocycles. The first kappa shape index (κ1) is 22.3. The molecule has 0 aliphatic rings. The molecule has 0 spiro atoms. The highest BCUT2D eigenvalue weighted by Gasteiger charge is 2.04. The molecule has 0 aromatic rings. The Balaban J connectivity index is -0.000000212. The van der Waals surface area contributed by atoms with Crippen LogP contribution in [0.15, 0.2) is 12.7 Å². The average Bonchev–Trinajstić information content (AvgIpc) is 2.14. The lowest BCUT2D eigenvalue weighted by molar-refractivity contribution is 0.329. The summed E-state index contributed by atoms with van der Waals surface area (Å²) < 4.78 is 25.3. The van der Waals surface area contributed by atoms with Gasteiger partial charge in [-0.05, 0) is 0 Å². The van der Waals surface area contributed by atoms with Crippen LogP contribution in [0.3, 0.4) is 0 Å². The molecule has 0 aliphatic heterocycles. The molecule has 6 nitrogen and oxygen atoms in total. The van der Waals surface area contributed by atoms with Crippen LogP contribution in [0.1, 0.15) is 6.42 Å². The van der Waals surface area contributed by atoms with Crippen molar-refractivity contribution in [3.05, 3.63) is 12.7 Å². The predicted octanol–water partition coefficient (Wildman–Crippen LogP) is 2.67. The molecular weight excluding hydrogens is 274 g/mol. The zero-order chi connectivity index (χ0) is 15.2. The second kappa shape index (κ2) is 12.6. The van der Waals surface area contributed by atoms with Gasteiger partial charge in [-0.25, -0.2) is 0 Å². The van der Waals surface area contributed by atoms with E-state index >= 15 is 0 Å². The lowest BCUT2D eigenvalue weighted by Crippen LogP contribution is -1.88. The van der Waals surface area contributed by atoms with Crippen LogP contribution in [0.5, 0.6) is 0 Å². The van der Waals surface area contributed by atoms with Gasteiger partial charge in [-0.3, -0.25) is 9.13 Å². The van der Waals surface area contributed by atoms with Crippen molar-refractivity contribution >= 4 is 14.7 Å². The molecule has 0 heterocycles. The predicted molar refractivity (Wildman–Crippen MR) is 73.1 cm³/mol. The third-order valence-electron chi connectivity index (χ3n) is 0.707. The Bertz CT molecular complexity index is 375. The van der Waals surface area contributed by atoms with Crippen LogP contribution in [-0.4, -0.2) is 38.2 Å². The minimum Gasteiger partial charge on any atom is -0.345 e. The Kier molecular flexibility index (Phi) is 15.5. The number of nitriles is 2. The van der Waals surface area contributed by atoms with Crippen molar-refractivity contribution in [2.45, 2.75) is 6.42 Å². The van der Waals surface area contributed by atoms with E-state index in [2.05, 4.69) is 6.58 Å². The number of hydrogen-bond acceptors (Lipinski definition) is 5. The fourth-order valence-electron chi connectivity index (χ4n) is 0.311. The first-order valence-electron chi connectivity index (χ1n) is 4.82. The maximum Gasteiger partial charge on any atom is 0.197 e. The van der Waals surface area contributed by atoms with Gasteiger partial charge in [-0.15, -0.1) is 0 Å². The summed E-state index contributed by atoms with van der Waals surface area (Å²) in [6.07, 6.45) is 1.49. The molecule has 0 amide bonds. The first-order chi connectivity index (χ1) is 7.97. The monoisotopic (exact) mass is 294 g/mol. The Hall–Kier alpha value is -0.900. The lowest BCUT2D eigenvalue weighted by atomic mass is 10.5. The lowest BCUT2D eigenvalue weighted by Gasteiger charge is -2.04. The molecule has 0 atom stereocenters. The molecule has 0 aromatic carbocycles. The van der Waals surface area contributed by atoms with Gasteiger partial charge in [-0.1, -0.05) is 6.58 Å². The number of allylic oxidation sites excluding steroid dienone is 1. The summed E-state index contributed by atoms with van der Waals surface area (Å²) >= 11 is 0. The van der Waals surface area contributed by atoms with Crippen LogP contribution in [0.25, 0.3) is 0 Å². The van der Waals surface area contributed by atoms with E-state index in [9.17, 15) is 9.13 Å². The minimum absolute atomic E-state index is 0.279. The van der Waals surface area contributed by atoms with Crippen molar-refractivity contribution in [1.29, 1.82) is 10.5 Å². The molecule has 18 heavy (non-hydrogen) atoms. The molecule has 0 unspecified atom stereocenters. The van der Waals surface area contributed by atoms with Crippen molar-refractivity contribution in [3.63, 3.8) is 0 Å². The summed E-state index contributed by atoms with van der Waals surface area (Å²) in [5, 5.41) is 15.6. The van der Waals surface area contributed by atoms with E-state index in [0.29, 0.717) is 6.42 Å². The zero-order valence-electron chi connectivity index (χ0n) is 11.2. The van der Waals surface area contributed by atoms with Crippen LogP contribution in [0.2, 0.25) is 0 Å². The molecule has 0 fully saturated rings. The highest BCUT2D eigenvalue weighted by molar-refractivity contribution is 7.57. The van der Waals surface area contributed by atoms with Crippen molar-refractivity contribution in [2.75, 3.05) is 33.3 Å². The maximum atomic E-state index is 10.8. The Morgan fingerprint density at radius 2 is 1.61 bits per heavy atom. The van der Waals surface area contributed by atoms with Crippen molar-refractivity contribution in [3.8, 4) is 12.1 Å². The smallest absolute Gasteiger partial charge is 0.197 e. The summed E-state index contributed by atoms with van der Waals surface area (Å²) in [5.74, 6) is 0. The zero-order valence-corrected chi connectivity index (χ0v) is 12.9. The quantitative estimate of drug-likeness (QED) is 0.486. The molecular formula is C10H20N2O4P2. The summed E-state index contributed by atoms with van der Waals surface area (Å²) in [5.41, 5.74) is 0. The second-order valence-corrected chi connectivity index (χ2v) is 8.97. The maximum absolute atomic E-state index is 10.8. The molecule has 0 radical (unpaired) electrons. The van der Waals surface area contributed by atoms with Crippen molar-refractivity contribution in [2.24, 2.45) is 0 Å². The van der Waals surface area contributed by atoms with Gasteiger partial charge in [0.2, 0.25) is 0 Å². The minimum atomic E-state index is -2.64. The van der Waals surface area contributed by atoms with Gasteiger partial charge in [0.1, 0.15) is 0 Å². The topological polar surface area (TPSA) is 111 Å². The van der Waals surface area contributed by atoms with E-state index in [1.807, 2.05) is 6.07 Å². The first-order valence-corrected chi connectivity index (χ1v) is 9.90. The summed E-state index contributed by atoms with van der Waals surface area (Å²) in [4.78, 5) is 8.08. The SMILES string of the molecule is C=CC#N.CP(C)(=O)O.CP(C)(=O)OCCC#N. The molecule has 8 heteroatoms. The standard InChI is InChI=1S/C5H10NO2P.C3H3N.C2H7O2P/c1-9(2,7)8-5-3-4-6;1-2-3-4;1-5(2,3)4/h3,5H2,1-2H3;2H,1H2;1-2H3,(H,3,4). The van der Waals surface area contributed by atoms with Crippen molar-refractivity contribution < 1.29 is 18.5 Å². The Morgan fingerprint density at radius 3 is 1.78 bits per heavy atom. The van der Waals surface area contributed by atoms with Crippen LogP contribution in [0.4, 0.5) is 0 Å². The molecule has 104 valence electrons. The van der Waals surface area contributed by atoms with Gasteiger partial charge < -0.3 is 9.42 Å². The van der Waals surface area contributed by atoms with Gasteiger partial charge >= 0.3 is 0 Å². The fourth-order valence-corrected chi connectivity index (χ4v) is 0.842. The van der Waals surface area contributed by atoms with E-state index in [0.717, 1.165) is 0 Å².